The molecule has 3 rings (SSSR count). The second-order valence-corrected chi connectivity index (χ2v) is 8.19. The maximum atomic E-state index is 12.7. The Morgan fingerprint density at radius 3 is 2.35 bits per heavy atom. The van der Waals surface area contributed by atoms with Gasteiger partial charge in [0.1, 0.15) is 6.73 Å². The fraction of sp³-hybridized carbons (Fsp3) is 0.308. The molecule has 0 unspecified atom stereocenters. The van der Waals surface area contributed by atoms with Crippen LogP contribution < -0.4 is 11.2 Å². The molecule has 31 heavy (non-hydrogen) atoms. The highest BCUT2D eigenvalue weighted by Crippen LogP contribution is 2.19. The van der Waals surface area contributed by atoms with Crippen molar-refractivity contribution >= 4 is 6.08 Å². The molecule has 1 N–H and O–H groups in total. The van der Waals surface area contributed by atoms with E-state index in [0.717, 1.165) is 22.3 Å². The number of nitrogens with one attached hydrogen (secondary N) is 1. The van der Waals surface area contributed by atoms with Crippen LogP contribution >= 0.6 is 0 Å². The predicted octanol–water partition coefficient (Wildman–Crippen LogP) is 4.56. The summed E-state index contributed by atoms with van der Waals surface area (Å²) in [4.78, 5) is 27.7. The van der Waals surface area contributed by atoms with Crippen molar-refractivity contribution < 1.29 is 4.74 Å². The van der Waals surface area contributed by atoms with Crippen LogP contribution in [0.2, 0.25) is 0 Å². The number of benzene rings is 2. The van der Waals surface area contributed by atoms with Crippen LogP contribution in [-0.2, 0) is 17.9 Å². The van der Waals surface area contributed by atoms with E-state index >= 15 is 0 Å². The number of aryl methyl sites for hydroxylation is 2. The van der Waals surface area contributed by atoms with Gasteiger partial charge in [0.15, 0.2) is 0 Å². The Morgan fingerprint density at radius 2 is 1.71 bits per heavy atom. The summed E-state index contributed by atoms with van der Waals surface area (Å²) in [7, 11) is 0. The SMILES string of the molecule is Cc1cc(C)cc(Cc2c(C(C)C)c(=O)[nH]c(=O)n2COCC=Cc2ccccc2)c1. The first-order valence-corrected chi connectivity index (χ1v) is 10.6. The minimum atomic E-state index is -0.444. The van der Waals surface area contributed by atoms with Gasteiger partial charge in [0.25, 0.3) is 5.56 Å². The lowest BCUT2D eigenvalue weighted by Gasteiger charge is -2.18. The number of aromatic amines is 1. The van der Waals surface area contributed by atoms with E-state index in [1.54, 1.807) is 4.57 Å². The number of hydrogen-bond donors (Lipinski definition) is 1. The second-order valence-electron chi connectivity index (χ2n) is 8.19. The summed E-state index contributed by atoms with van der Waals surface area (Å²) in [6, 6.07) is 16.3. The molecule has 0 bridgehead atoms. The summed E-state index contributed by atoms with van der Waals surface area (Å²) >= 11 is 0. The molecule has 5 nitrogen and oxygen atoms in total. The highest BCUT2D eigenvalue weighted by molar-refractivity contribution is 5.48. The Balaban J connectivity index is 1.87. The molecular formula is C26H30N2O3. The number of hydrogen-bond acceptors (Lipinski definition) is 3. The Kier molecular flexibility index (Phi) is 7.42. The van der Waals surface area contributed by atoms with Gasteiger partial charge in [-0.05, 0) is 30.9 Å². The van der Waals surface area contributed by atoms with Crippen LogP contribution in [0, 0.1) is 13.8 Å². The standard InChI is InChI=1S/C26H30N2O3/c1-18(2)24-23(16-22-14-19(3)13-20(4)15-22)28(26(30)27-25(24)29)17-31-12-8-11-21-9-6-5-7-10-21/h5-11,13-15,18H,12,16-17H2,1-4H3,(H,27,29,30). The lowest BCUT2D eigenvalue weighted by atomic mass is 9.96. The molecule has 162 valence electrons. The van der Waals surface area contributed by atoms with Gasteiger partial charge in [0.05, 0.1) is 6.61 Å². The largest absolute Gasteiger partial charge is 0.357 e. The molecule has 0 aliphatic heterocycles. The maximum Gasteiger partial charge on any atom is 0.330 e. The quantitative estimate of drug-likeness (QED) is 0.546. The van der Waals surface area contributed by atoms with Gasteiger partial charge in [-0.25, -0.2) is 4.79 Å². The number of H-pyrrole nitrogens is 1. The summed E-state index contributed by atoms with van der Waals surface area (Å²) in [6.45, 7) is 8.47. The van der Waals surface area contributed by atoms with Gasteiger partial charge in [0.2, 0.25) is 0 Å². The number of nitrogens with zero attached hydrogens (tertiary/aromatic N) is 1. The van der Waals surface area contributed by atoms with Gasteiger partial charge in [-0.3, -0.25) is 14.3 Å². The van der Waals surface area contributed by atoms with Gasteiger partial charge < -0.3 is 4.74 Å². The van der Waals surface area contributed by atoms with Crippen molar-refractivity contribution in [1.82, 2.24) is 9.55 Å². The average molecular weight is 419 g/mol. The summed E-state index contributed by atoms with van der Waals surface area (Å²) in [5.74, 6) is -0.0190. The van der Waals surface area contributed by atoms with Crippen LogP contribution in [0.4, 0.5) is 0 Å². The van der Waals surface area contributed by atoms with E-state index in [-0.39, 0.29) is 18.2 Å². The third-order valence-electron chi connectivity index (χ3n) is 5.12. The first-order valence-electron chi connectivity index (χ1n) is 10.6. The Labute approximate surface area is 183 Å². The Morgan fingerprint density at radius 1 is 1.03 bits per heavy atom. The van der Waals surface area contributed by atoms with Gasteiger partial charge in [-0.15, -0.1) is 0 Å². The topological polar surface area (TPSA) is 64.1 Å². The van der Waals surface area contributed by atoms with Gasteiger partial charge >= 0.3 is 5.69 Å². The third-order valence-corrected chi connectivity index (χ3v) is 5.12. The van der Waals surface area contributed by atoms with E-state index in [0.29, 0.717) is 24.3 Å². The molecule has 1 heterocycles. The van der Waals surface area contributed by atoms with Gasteiger partial charge in [-0.2, -0.15) is 0 Å². The van der Waals surface area contributed by atoms with Crippen LogP contribution in [0.1, 0.15) is 53.3 Å². The van der Waals surface area contributed by atoms with Crippen molar-refractivity contribution in [3.05, 3.63) is 109 Å². The molecule has 0 radical (unpaired) electrons. The minimum Gasteiger partial charge on any atom is -0.357 e. The van der Waals surface area contributed by atoms with Crippen molar-refractivity contribution in [2.45, 2.75) is 46.8 Å². The van der Waals surface area contributed by atoms with Gasteiger partial charge in [-0.1, -0.05) is 85.7 Å². The highest BCUT2D eigenvalue weighted by atomic mass is 16.5. The molecule has 0 atom stereocenters. The maximum absolute atomic E-state index is 12.7. The fourth-order valence-corrected chi connectivity index (χ4v) is 3.88. The normalized spacial score (nSPS) is 11.5. The van der Waals surface area contributed by atoms with E-state index in [4.69, 9.17) is 4.74 Å². The van der Waals surface area contributed by atoms with E-state index in [9.17, 15) is 9.59 Å². The van der Waals surface area contributed by atoms with E-state index in [2.05, 4.69) is 23.2 Å². The van der Waals surface area contributed by atoms with Crippen LogP contribution in [0.5, 0.6) is 0 Å². The van der Waals surface area contributed by atoms with Crippen molar-refractivity contribution in [3.63, 3.8) is 0 Å². The zero-order valence-corrected chi connectivity index (χ0v) is 18.6. The molecule has 1 aromatic heterocycles. The van der Waals surface area contributed by atoms with Gasteiger partial charge in [0, 0.05) is 17.7 Å². The first-order chi connectivity index (χ1) is 14.8. The molecule has 0 spiro atoms. The zero-order valence-electron chi connectivity index (χ0n) is 18.6. The molecule has 0 aliphatic rings. The molecule has 2 aromatic carbocycles. The summed E-state index contributed by atoms with van der Waals surface area (Å²) in [6.07, 6.45) is 4.39. The number of rotatable bonds is 8. The summed E-state index contributed by atoms with van der Waals surface area (Å²) < 4.78 is 7.32. The summed E-state index contributed by atoms with van der Waals surface area (Å²) in [5.41, 5.74) is 5.04. The predicted molar refractivity (Wildman–Crippen MR) is 126 cm³/mol. The first kappa shape index (κ1) is 22.5. The molecule has 0 aliphatic carbocycles. The Bertz CT molecular complexity index is 1150. The minimum absolute atomic E-state index is 0.0190. The third kappa shape index (κ3) is 5.92. The summed E-state index contributed by atoms with van der Waals surface area (Å²) in [5, 5.41) is 0. The zero-order chi connectivity index (χ0) is 22.4. The van der Waals surface area contributed by atoms with Crippen LogP contribution in [-0.4, -0.2) is 16.2 Å². The number of aromatic nitrogens is 2. The molecule has 0 saturated carbocycles. The lowest BCUT2D eigenvalue weighted by Crippen LogP contribution is -2.36. The second kappa shape index (κ2) is 10.2. The van der Waals surface area contributed by atoms with Crippen molar-refractivity contribution in [2.75, 3.05) is 6.61 Å². The highest BCUT2D eigenvalue weighted by Gasteiger charge is 2.18. The van der Waals surface area contributed by atoms with E-state index in [1.165, 1.54) is 0 Å². The van der Waals surface area contributed by atoms with E-state index < -0.39 is 5.69 Å². The smallest absolute Gasteiger partial charge is 0.330 e. The van der Waals surface area contributed by atoms with Crippen LogP contribution in [0.15, 0.2) is 64.2 Å². The van der Waals surface area contributed by atoms with E-state index in [1.807, 2.05) is 70.2 Å². The monoisotopic (exact) mass is 418 g/mol. The molecule has 5 heteroatoms. The van der Waals surface area contributed by atoms with Crippen LogP contribution in [0.25, 0.3) is 6.08 Å². The molecule has 3 aromatic rings. The molecular weight excluding hydrogens is 388 g/mol. The molecule has 0 fully saturated rings. The fourth-order valence-electron chi connectivity index (χ4n) is 3.88. The van der Waals surface area contributed by atoms with Crippen LogP contribution in [0.3, 0.4) is 0 Å². The molecule has 0 saturated heterocycles. The lowest BCUT2D eigenvalue weighted by molar-refractivity contribution is 0.0944. The number of ether oxygens (including phenoxy) is 1. The average Bonchev–Trinajstić information content (AvgIpc) is 2.69. The van der Waals surface area contributed by atoms with Crippen molar-refractivity contribution in [1.29, 1.82) is 0 Å². The Hall–Kier alpha value is -3.18. The van der Waals surface area contributed by atoms with Crippen molar-refractivity contribution in [3.8, 4) is 0 Å². The van der Waals surface area contributed by atoms with Crippen molar-refractivity contribution in [2.24, 2.45) is 0 Å². The molecule has 0 amide bonds.